The summed E-state index contributed by atoms with van der Waals surface area (Å²) in [6, 6.07) is 14.2. The lowest BCUT2D eigenvalue weighted by Gasteiger charge is -2.27. The van der Waals surface area contributed by atoms with Crippen molar-refractivity contribution in [1.82, 2.24) is 0 Å². The number of carboxylic acid groups (broad SMARTS) is 1. The van der Waals surface area contributed by atoms with Crippen LogP contribution in [0.4, 0.5) is 11.4 Å². The molecule has 0 aliphatic heterocycles. The largest absolute Gasteiger partial charge is 0.492 e. The van der Waals surface area contributed by atoms with Crippen LogP contribution in [0.25, 0.3) is 0 Å². The van der Waals surface area contributed by atoms with E-state index >= 15 is 0 Å². The summed E-state index contributed by atoms with van der Waals surface area (Å²) in [6.07, 6.45) is 0. The monoisotopic (exact) mass is 341 g/mol. The topological polar surface area (TPSA) is 66.8 Å². The first kappa shape index (κ1) is 18.5. The summed E-state index contributed by atoms with van der Waals surface area (Å²) in [5.74, 6) is -2.08. The van der Waals surface area contributed by atoms with Gasteiger partial charge in [-0.2, -0.15) is 0 Å². The molecule has 0 radical (unpaired) electrons. The van der Waals surface area contributed by atoms with Crippen molar-refractivity contribution in [2.24, 2.45) is 0 Å². The number of hydrogen-bond donors (Lipinski definition) is 1. The second-order valence-electron chi connectivity index (χ2n) is 6.65. The highest BCUT2D eigenvalue weighted by atomic mass is 16.5. The van der Waals surface area contributed by atoms with Crippen LogP contribution >= 0.6 is 0 Å². The van der Waals surface area contributed by atoms with E-state index in [0.29, 0.717) is 23.7 Å². The number of carbonyl (C=O) groups is 2. The number of aliphatic carboxylic acids is 1. The number of carboxylic acids is 1. The fraction of sp³-hybridized carbons (Fsp3) is 0.300. The van der Waals surface area contributed by atoms with Gasteiger partial charge in [0.25, 0.3) is 0 Å². The van der Waals surface area contributed by atoms with Gasteiger partial charge < -0.3 is 9.84 Å². The average Bonchev–Trinajstić information content (AvgIpc) is 2.56. The second-order valence-corrected chi connectivity index (χ2v) is 6.65. The zero-order valence-corrected chi connectivity index (χ0v) is 14.9. The maximum atomic E-state index is 12.4. The van der Waals surface area contributed by atoms with Crippen molar-refractivity contribution in [2.45, 2.75) is 33.1 Å². The van der Waals surface area contributed by atoms with Crippen LogP contribution in [0.1, 0.15) is 33.3 Å². The van der Waals surface area contributed by atoms with Gasteiger partial charge in [-0.3, -0.25) is 9.69 Å². The minimum atomic E-state index is -1.52. The van der Waals surface area contributed by atoms with E-state index in [9.17, 15) is 14.7 Å². The van der Waals surface area contributed by atoms with Crippen LogP contribution < -0.4 is 9.64 Å². The number of benzene rings is 2. The predicted octanol–water partition coefficient (Wildman–Crippen LogP) is 4.13. The van der Waals surface area contributed by atoms with Gasteiger partial charge >= 0.3 is 11.9 Å². The number of rotatable bonds is 4. The number of amides is 1. The Bertz CT molecular complexity index is 763. The normalized spacial score (nSPS) is 11.0. The van der Waals surface area contributed by atoms with Crippen LogP contribution in [0.2, 0.25) is 0 Å². The van der Waals surface area contributed by atoms with Crippen molar-refractivity contribution in [2.75, 3.05) is 11.5 Å². The molecule has 25 heavy (non-hydrogen) atoms. The lowest BCUT2D eigenvalue weighted by atomic mass is 9.86. The highest BCUT2D eigenvalue weighted by Gasteiger charge is 2.28. The molecule has 5 heteroatoms. The Balaban J connectivity index is 2.70. The SMILES string of the molecule is CCOc1ccc(C(C)(C)C)cc1N(C(=O)C(=O)O)c1ccccc1. The first-order valence-corrected chi connectivity index (χ1v) is 8.15. The Hall–Kier alpha value is -2.82. The Morgan fingerprint density at radius 1 is 1.08 bits per heavy atom. The van der Waals surface area contributed by atoms with Gasteiger partial charge in [-0.25, -0.2) is 4.79 Å². The van der Waals surface area contributed by atoms with Crippen molar-refractivity contribution in [1.29, 1.82) is 0 Å². The number of para-hydroxylation sites is 1. The highest BCUT2D eigenvalue weighted by molar-refractivity contribution is 6.39. The molecule has 0 aliphatic rings. The molecule has 0 unspecified atom stereocenters. The summed E-state index contributed by atoms with van der Waals surface area (Å²) in [5.41, 5.74) is 1.72. The first-order valence-electron chi connectivity index (χ1n) is 8.15. The Morgan fingerprint density at radius 2 is 1.72 bits per heavy atom. The van der Waals surface area contributed by atoms with Gasteiger partial charge in [0, 0.05) is 5.69 Å². The molecule has 0 fully saturated rings. The van der Waals surface area contributed by atoms with E-state index in [-0.39, 0.29) is 5.41 Å². The van der Waals surface area contributed by atoms with Crippen molar-refractivity contribution in [3.8, 4) is 5.75 Å². The van der Waals surface area contributed by atoms with Crippen LogP contribution in [0, 0.1) is 0 Å². The molecule has 0 heterocycles. The van der Waals surface area contributed by atoms with Gasteiger partial charge in [-0.15, -0.1) is 0 Å². The Kier molecular flexibility index (Phi) is 5.47. The summed E-state index contributed by atoms with van der Waals surface area (Å²) < 4.78 is 5.65. The Morgan fingerprint density at radius 3 is 2.24 bits per heavy atom. The zero-order chi connectivity index (χ0) is 18.6. The molecule has 0 saturated heterocycles. The van der Waals surface area contributed by atoms with E-state index in [4.69, 9.17) is 4.74 Å². The minimum Gasteiger partial charge on any atom is -0.492 e. The number of nitrogens with zero attached hydrogens (tertiary/aromatic N) is 1. The van der Waals surface area contributed by atoms with Crippen molar-refractivity contribution in [3.63, 3.8) is 0 Å². The molecular weight excluding hydrogens is 318 g/mol. The molecule has 0 saturated carbocycles. The molecule has 1 N–H and O–H groups in total. The molecule has 5 nitrogen and oxygen atoms in total. The summed E-state index contributed by atoms with van der Waals surface area (Å²) >= 11 is 0. The quantitative estimate of drug-likeness (QED) is 0.849. The van der Waals surface area contributed by atoms with Crippen molar-refractivity contribution >= 4 is 23.3 Å². The van der Waals surface area contributed by atoms with Crippen LogP contribution in [0.15, 0.2) is 48.5 Å². The molecule has 0 aliphatic carbocycles. The molecule has 0 atom stereocenters. The third-order valence-electron chi connectivity index (χ3n) is 3.77. The predicted molar refractivity (Wildman–Crippen MR) is 97.5 cm³/mol. The highest BCUT2D eigenvalue weighted by Crippen LogP contribution is 2.37. The fourth-order valence-corrected chi connectivity index (χ4v) is 2.47. The van der Waals surface area contributed by atoms with Gasteiger partial charge in [-0.1, -0.05) is 45.0 Å². The smallest absolute Gasteiger partial charge is 0.395 e. The molecule has 2 aromatic rings. The van der Waals surface area contributed by atoms with E-state index in [0.717, 1.165) is 5.56 Å². The average molecular weight is 341 g/mol. The molecule has 132 valence electrons. The molecular formula is C20H23NO4. The van der Waals surface area contributed by atoms with E-state index in [1.54, 1.807) is 30.3 Å². The molecule has 2 aromatic carbocycles. The number of anilines is 2. The molecule has 0 spiro atoms. The van der Waals surface area contributed by atoms with Crippen molar-refractivity contribution in [3.05, 3.63) is 54.1 Å². The first-order chi connectivity index (χ1) is 11.8. The minimum absolute atomic E-state index is 0.159. The van der Waals surface area contributed by atoms with Gasteiger partial charge in [-0.05, 0) is 42.2 Å². The summed E-state index contributed by atoms with van der Waals surface area (Å²) in [7, 11) is 0. The number of ether oxygens (including phenoxy) is 1. The van der Waals surface area contributed by atoms with Crippen LogP contribution in [0.5, 0.6) is 5.75 Å². The second kappa shape index (κ2) is 7.38. The Labute approximate surface area is 147 Å². The lowest BCUT2D eigenvalue weighted by Crippen LogP contribution is -2.33. The van der Waals surface area contributed by atoms with Crippen LogP contribution in [0.3, 0.4) is 0 Å². The third kappa shape index (κ3) is 4.18. The molecule has 2 rings (SSSR count). The van der Waals surface area contributed by atoms with Gasteiger partial charge in [0.05, 0.1) is 12.3 Å². The van der Waals surface area contributed by atoms with E-state index < -0.39 is 11.9 Å². The van der Waals surface area contributed by atoms with Gasteiger partial charge in [0.15, 0.2) is 0 Å². The maximum Gasteiger partial charge on any atom is 0.395 e. The molecule has 0 bridgehead atoms. The molecule has 0 aromatic heterocycles. The lowest BCUT2D eigenvalue weighted by molar-refractivity contribution is -0.148. The van der Waals surface area contributed by atoms with E-state index in [2.05, 4.69) is 20.8 Å². The van der Waals surface area contributed by atoms with Crippen LogP contribution in [-0.4, -0.2) is 23.6 Å². The summed E-state index contributed by atoms with van der Waals surface area (Å²) in [6.45, 7) is 8.41. The van der Waals surface area contributed by atoms with Crippen molar-refractivity contribution < 1.29 is 19.4 Å². The summed E-state index contributed by atoms with van der Waals surface area (Å²) in [5, 5.41) is 9.29. The van der Waals surface area contributed by atoms with Gasteiger partial charge in [0.1, 0.15) is 5.75 Å². The number of hydrogen-bond acceptors (Lipinski definition) is 3. The number of carbonyl (C=O) groups excluding carboxylic acids is 1. The van der Waals surface area contributed by atoms with E-state index in [1.165, 1.54) is 4.90 Å². The maximum absolute atomic E-state index is 12.4. The zero-order valence-electron chi connectivity index (χ0n) is 14.9. The molecule has 1 amide bonds. The van der Waals surface area contributed by atoms with Gasteiger partial charge in [0.2, 0.25) is 0 Å². The standard InChI is InChI=1S/C20H23NO4/c1-5-25-17-12-11-14(20(2,3)4)13-16(17)21(18(22)19(23)24)15-9-7-6-8-10-15/h6-13H,5H2,1-4H3,(H,23,24). The third-order valence-corrected chi connectivity index (χ3v) is 3.77. The van der Waals surface area contributed by atoms with Crippen LogP contribution in [-0.2, 0) is 15.0 Å². The summed E-state index contributed by atoms with van der Waals surface area (Å²) in [4.78, 5) is 25.0. The van der Waals surface area contributed by atoms with E-state index in [1.807, 2.05) is 25.1 Å². The fourth-order valence-electron chi connectivity index (χ4n) is 2.47.